The molecule has 2 unspecified atom stereocenters. The molecule has 0 radical (unpaired) electrons. The van der Waals surface area contributed by atoms with E-state index in [9.17, 15) is 9.59 Å². The first-order valence-electron chi connectivity index (χ1n) is 10.6. The van der Waals surface area contributed by atoms with E-state index in [2.05, 4.69) is 27.4 Å². The Bertz CT molecular complexity index is 653. The summed E-state index contributed by atoms with van der Waals surface area (Å²) in [7, 11) is 0. The van der Waals surface area contributed by atoms with Gasteiger partial charge in [-0.2, -0.15) is 0 Å². The molecule has 1 saturated heterocycles. The van der Waals surface area contributed by atoms with Crippen molar-refractivity contribution in [1.29, 1.82) is 0 Å². The van der Waals surface area contributed by atoms with E-state index in [0.29, 0.717) is 25.0 Å². The van der Waals surface area contributed by atoms with E-state index in [1.54, 1.807) is 0 Å². The molecule has 1 aliphatic carbocycles. The number of benzene rings is 1. The van der Waals surface area contributed by atoms with Gasteiger partial charge in [-0.15, -0.1) is 0 Å². The molecule has 0 bridgehead atoms. The van der Waals surface area contributed by atoms with Crippen LogP contribution in [0.15, 0.2) is 24.3 Å². The number of nitrogens with zero attached hydrogens (tertiary/aromatic N) is 2. The van der Waals surface area contributed by atoms with Crippen molar-refractivity contribution in [1.82, 2.24) is 15.1 Å². The van der Waals surface area contributed by atoms with Crippen molar-refractivity contribution >= 4 is 17.5 Å². The first kappa shape index (κ1) is 20.8. The Morgan fingerprint density at radius 1 is 0.929 bits per heavy atom. The van der Waals surface area contributed by atoms with Crippen LogP contribution in [-0.4, -0.2) is 66.9 Å². The minimum atomic E-state index is 0.0151. The lowest BCUT2D eigenvalue weighted by Crippen LogP contribution is -2.52. The molecule has 28 heavy (non-hydrogen) atoms. The van der Waals surface area contributed by atoms with Gasteiger partial charge in [0, 0.05) is 37.9 Å². The van der Waals surface area contributed by atoms with Gasteiger partial charge in [-0.3, -0.25) is 19.4 Å². The van der Waals surface area contributed by atoms with Crippen LogP contribution in [0.1, 0.15) is 38.2 Å². The van der Waals surface area contributed by atoms with Gasteiger partial charge < -0.3 is 10.6 Å². The van der Waals surface area contributed by atoms with Crippen molar-refractivity contribution in [2.24, 2.45) is 5.92 Å². The highest BCUT2D eigenvalue weighted by atomic mass is 16.2. The molecule has 1 aliphatic heterocycles. The topological polar surface area (TPSA) is 64.7 Å². The number of rotatable bonds is 6. The lowest BCUT2D eigenvalue weighted by Gasteiger charge is -2.35. The highest BCUT2D eigenvalue weighted by molar-refractivity contribution is 5.92. The zero-order chi connectivity index (χ0) is 19.9. The minimum absolute atomic E-state index is 0.0151. The molecule has 0 spiro atoms. The number of piperazine rings is 1. The number of hydrogen-bond acceptors (Lipinski definition) is 4. The molecular formula is C22H34N4O2. The van der Waals surface area contributed by atoms with E-state index in [1.165, 1.54) is 24.8 Å². The van der Waals surface area contributed by atoms with E-state index in [0.717, 1.165) is 38.3 Å². The molecule has 1 heterocycles. The fraction of sp³-hybridized carbons (Fsp3) is 0.636. The standard InChI is InChI=1S/C22H34N4O2/c1-17-7-9-19(10-8-17)23-21(27)15-25-11-13-26(14-12-25)16-22(28)24-20-6-4-3-5-18(20)2/h7-10,18,20H,3-6,11-16H2,1-2H3,(H,23,27)(H,24,28). The molecule has 2 atom stereocenters. The maximum Gasteiger partial charge on any atom is 0.238 e. The highest BCUT2D eigenvalue weighted by Gasteiger charge is 2.25. The minimum Gasteiger partial charge on any atom is -0.352 e. The number of carbonyl (C=O) groups is 2. The third kappa shape index (κ3) is 6.31. The zero-order valence-electron chi connectivity index (χ0n) is 17.2. The van der Waals surface area contributed by atoms with Crippen molar-refractivity contribution in [3.8, 4) is 0 Å². The van der Waals surface area contributed by atoms with Gasteiger partial charge in [-0.1, -0.05) is 37.5 Å². The van der Waals surface area contributed by atoms with Crippen molar-refractivity contribution in [3.63, 3.8) is 0 Å². The number of amides is 2. The average molecular weight is 387 g/mol. The molecule has 1 aromatic rings. The SMILES string of the molecule is Cc1ccc(NC(=O)CN2CCN(CC(=O)NC3CCCCC3C)CC2)cc1. The summed E-state index contributed by atoms with van der Waals surface area (Å²) in [6.07, 6.45) is 4.83. The molecule has 2 N–H and O–H groups in total. The van der Waals surface area contributed by atoms with Gasteiger partial charge in [0.1, 0.15) is 0 Å². The Labute approximate surface area is 168 Å². The summed E-state index contributed by atoms with van der Waals surface area (Å²) < 4.78 is 0. The fourth-order valence-electron chi connectivity index (χ4n) is 4.13. The molecule has 6 nitrogen and oxygen atoms in total. The van der Waals surface area contributed by atoms with Crippen LogP contribution in [0.2, 0.25) is 0 Å². The van der Waals surface area contributed by atoms with E-state index in [1.807, 2.05) is 31.2 Å². The molecule has 2 amide bonds. The summed E-state index contributed by atoms with van der Waals surface area (Å²) in [5.74, 6) is 0.743. The van der Waals surface area contributed by atoms with Crippen LogP contribution in [-0.2, 0) is 9.59 Å². The van der Waals surface area contributed by atoms with Crippen LogP contribution < -0.4 is 10.6 Å². The van der Waals surface area contributed by atoms with Gasteiger partial charge in [-0.25, -0.2) is 0 Å². The van der Waals surface area contributed by atoms with Crippen LogP contribution in [0.3, 0.4) is 0 Å². The second kappa shape index (κ2) is 10.0. The van der Waals surface area contributed by atoms with Gasteiger partial charge in [-0.05, 0) is 37.8 Å². The summed E-state index contributed by atoms with van der Waals surface area (Å²) >= 11 is 0. The average Bonchev–Trinajstić information content (AvgIpc) is 2.67. The predicted molar refractivity (Wildman–Crippen MR) is 112 cm³/mol. The second-order valence-corrected chi connectivity index (χ2v) is 8.40. The molecule has 1 aromatic carbocycles. The smallest absolute Gasteiger partial charge is 0.238 e. The Balaban J connectivity index is 1.35. The first-order chi connectivity index (χ1) is 13.5. The quantitative estimate of drug-likeness (QED) is 0.787. The van der Waals surface area contributed by atoms with Crippen LogP contribution in [0.25, 0.3) is 0 Å². The number of anilines is 1. The number of aryl methyl sites for hydroxylation is 1. The highest BCUT2D eigenvalue weighted by Crippen LogP contribution is 2.23. The predicted octanol–water partition coefficient (Wildman–Crippen LogP) is 2.25. The van der Waals surface area contributed by atoms with E-state index < -0.39 is 0 Å². The summed E-state index contributed by atoms with van der Waals surface area (Å²) in [5.41, 5.74) is 2.01. The summed E-state index contributed by atoms with van der Waals surface area (Å²) in [4.78, 5) is 29.0. The van der Waals surface area contributed by atoms with Crippen molar-refractivity contribution in [3.05, 3.63) is 29.8 Å². The van der Waals surface area contributed by atoms with E-state index in [-0.39, 0.29) is 11.8 Å². The van der Waals surface area contributed by atoms with Crippen molar-refractivity contribution in [2.45, 2.75) is 45.6 Å². The molecule has 3 rings (SSSR count). The summed E-state index contributed by atoms with van der Waals surface area (Å²) in [6.45, 7) is 8.41. The fourth-order valence-corrected chi connectivity index (χ4v) is 4.13. The van der Waals surface area contributed by atoms with Crippen LogP contribution in [0.4, 0.5) is 5.69 Å². The molecule has 0 aromatic heterocycles. The lowest BCUT2D eigenvalue weighted by molar-refractivity contribution is -0.124. The lowest BCUT2D eigenvalue weighted by atomic mass is 9.86. The van der Waals surface area contributed by atoms with Gasteiger partial charge in [0.15, 0.2) is 0 Å². The maximum atomic E-state index is 12.4. The van der Waals surface area contributed by atoms with Crippen molar-refractivity contribution < 1.29 is 9.59 Å². The largest absolute Gasteiger partial charge is 0.352 e. The van der Waals surface area contributed by atoms with Gasteiger partial charge in [0.2, 0.25) is 11.8 Å². The van der Waals surface area contributed by atoms with E-state index >= 15 is 0 Å². The Morgan fingerprint density at radius 3 is 2.11 bits per heavy atom. The van der Waals surface area contributed by atoms with Crippen LogP contribution in [0, 0.1) is 12.8 Å². The van der Waals surface area contributed by atoms with Crippen LogP contribution >= 0.6 is 0 Å². The normalized spacial score (nSPS) is 23.9. The molecule has 6 heteroatoms. The van der Waals surface area contributed by atoms with Gasteiger partial charge in [0.05, 0.1) is 13.1 Å². The third-order valence-electron chi connectivity index (χ3n) is 5.99. The number of nitrogens with one attached hydrogen (secondary N) is 2. The van der Waals surface area contributed by atoms with Gasteiger partial charge >= 0.3 is 0 Å². The second-order valence-electron chi connectivity index (χ2n) is 8.40. The molecule has 154 valence electrons. The zero-order valence-corrected chi connectivity index (χ0v) is 17.2. The van der Waals surface area contributed by atoms with E-state index in [4.69, 9.17) is 0 Å². The molecular weight excluding hydrogens is 352 g/mol. The van der Waals surface area contributed by atoms with Crippen LogP contribution in [0.5, 0.6) is 0 Å². The first-order valence-corrected chi connectivity index (χ1v) is 10.6. The molecule has 1 saturated carbocycles. The Hall–Kier alpha value is -1.92. The number of hydrogen-bond donors (Lipinski definition) is 2. The van der Waals surface area contributed by atoms with Crippen molar-refractivity contribution in [2.75, 3.05) is 44.6 Å². The number of carbonyl (C=O) groups excluding carboxylic acids is 2. The monoisotopic (exact) mass is 386 g/mol. The molecule has 2 fully saturated rings. The Morgan fingerprint density at radius 2 is 1.50 bits per heavy atom. The molecule has 2 aliphatic rings. The maximum absolute atomic E-state index is 12.4. The Kier molecular flexibility index (Phi) is 7.45. The van der Waals surface area contributed by atoms with Gasteiger partial charge in [0.25, 0.3) is 0 Å². The summed E-state index contributed by atoms with van der Waals surface area (Å²) in [6, 6.07) is 8.18. The third-order valence-corrected chi connectivity index (χ3v) is 5.99. The summed E-state index contributed by atoms with van der Waals surface area (Å²) in [5, 5.41) is 6.18.